The van der Waals surface area contributed by atoms with Crippen molar-refractivity contribution in [3.05, 3.63) is 400 Å². The molecule has 0 fully saturated rings. The Labute approximate surface area is 563 Å². The monoisotopic (exact) mass is 1230 g/mol. The predicted molar refractivity (Wildman–Crippen MR) is 394 cm³/mol. The largest absolute Gasteiger partial charge is 0.458 e. The van der Waals surface area contributed by atoms with Crippen LogP contribution in [0, 0.1) is 19.8 Å². The Morgan fingerprint density at radius 3 is 1.27 bits per heavy atom. The molecule has 0 spiro atoms. The van der Waals surface area contributed by atoms with Crippen LogP contribution in [0.5, 0.6) is 17.2 Å². The summed E-state index contributed by atoms with van der Waals surface area (Å²) >= 11 is 0. The van der Waals surface area contributed by atoms with E-state index in [0.717, 1.165) is 100 Å². The molecule has 0 saturated carbocycles. The van der Waals surface area contributed by atoms with Crippen molar-refractivity contribution in [1.82, 2.24) is 0 Å². The lowest BCUT2D eigenvalue weighted by Crippen LogP contribution is -2.36. The molecule has 5 aliphatic carbocycles. The summed E-state index contributed by atoms with van der Waals surface area (Å²) in [6.45, 7) is 4.36. The van der Waals surface area contributed by atoms with Crippen LogP contribution in [0.25, 0.3) is 33.4 Å². The first-order valence-electron chi connectivity index (χ1n) is 34.0. The third-order valence-corrected chi connectivity index (χ3v) is 21.3. The Morgan fingerprint density at radius 1 is 0.323 bits per heavy atom. The van der Waals surface area contributed by atoms with Gasteiger partial charge in [0.2, 0.25) is 0 Å². The second-order valence-electron chi connectivity index (χ2n) is 26.7. The maximum Gasteiger partial charge on any atom is 0.127 e. The van der Waals surface area contributed by atoms with Crippen molar-refractivity contribution < 1.29 is 9.47 Å². The highest BCUT2D eigenvalue weighted by atomic mass is 16.5. The van der Waals surface area contributed by atoms with Crippen LogP contribution in [0.2, 0.25) is 0 Å². The first-order valence-corrected chi connectivity index (χ1v) is 34.0. The molecule has 3 unspecified atom stereocenters. The maximum atomic E-state index is 6.60. The van der Waals surface area contributed by atoms with Gasteiger partial charge in [0.25, 0.3) is 0 Å². The molecule has 13 aromatic rings. The fraction of sp³-hybridized carbons (Fsp3) is 0.109. The van der Waals surface area contributed by atoms with Gasteiger partial charge in [-0.25, -0.2) is 0 Å². The summed E-state index contributed by atoms with van der Waals surface area (Å²) in [7, 11) is 0. The number of anilines is 6. The number of ether oxygens (including phenoxy) is 2. The zero-order chi connectivity index (χ0) is 63.9. The summed E-state index contributed by atoms with van der Waals surface area (Å²) in [5.74, 6) is 3.63. The van der Waals surface area contributed by atoms with E-state index in [0.29, 0.717) is 0 Å². The van der Waals surface area contributed by atoms with Crippen LogP contribution in [0.1, 0.15) is 78.7 Å². The molecular weight excluding hydrogens is 1170 g/mol. The third-order valence-electron chi connectivity index (χ3n) is 21.3. The molecule has 0 bridgehead atoms. The minimum absolute atomic E-state index is 0.110. The van der Waals surface area contributed by atoms with E-state index in [9.17, 15) is 0 Å². The molecule has 460 valence electrons. The average Bonchev–Trinajstić information content (AvgIpc) is 1.53. The van der Waals surface area contributed by atoms with Gasteiger partial charge < -0.3 is 19.3 Å². The molecule has 0 amide bonds. The van der Waals surface area contributed by atoms with Gasteiger partial charge in [-0.3, -0.25) is 0 Å². The molecular formula is C92H70N2O2. The first kappa shape index (κ1) is 57.2. The van der Waals surface area contributed by atoms with Gasteiger partial charge >= 0.3 is 0 Å². The molecule has 18 rings (SSSR count). The summed E-state index contributed by atoms with van der Waals surface area (Å²) in [6, 6.07) is 113. The molecule has 0 aliphatic heterocycles. The van der Waals surface area contributed by atoms with E-state index in [4.69, 9.17) is 9.47 Å². The van der Waals surface area contributed by atoms with Gasteiger partial charge in [0.15, 0.2) is 0 Å². The smallest absolute Gasteiger partial charge is 0.127 e. The van der Waals surface area contributed by atoms with Crippen LogP contribution >= 0.6 is 0 Å². The van der Waals surface area contributed by atoms with Crippen LogP contribution in [-0.4, -0.2) is 0 Å². The van der Waals surface area contributed by atoms with Crippen molar-refractivity contribution in [3.63, 3.8) is 0 Å². The van der Waals surface area contributed by atoms with Crippen LogP contribution in [0.3, 0.4) is 0 Å². The summed E-state index contributed by atoms with van der Waals surface area (Å²) in [4.78, 5) is 4.83. The number of aryl methyl sites for hydroxylation is 6. The fourth-order valence-corrected chi connectivity index (χ4v) is 16.3. The SMILES string of the molecule is Cc1ccc(C2(c3ccc(Oc4ccc5c(c4)CC5)cc3)c3ccccc3-c3ccc(N(c4ccccc4)c4ccc(-c5ccc(N(c6ccccc6)c6ccc7c(c6)C(c6ccc(C)cc6)(C6C=CC(Oc8ccc9c(c8)CC9)=CC6)c6ccccc6-7)cc5)cc4)cc32)cc1. The van der Waals surface area contributed by atoms with Crippen molar-refractivity contribution in [2.24, 2.45) is 5.92 Å². The van der Waals surface area contributed by atoms with E-state index in [1.807, 2.05) is 0 Å². The minimum atomic E-state index is -0.620. The summed E-state index contributed by atoms with van der Waals surface area (Å²) in [6.07, 6.45) is 12.3. The molecule has 5 aliphatic rings. The van der Waals surface area contributed by atoms with Crippen molar-refractivity contribution in [3.8, 4) is 50.6 Å². The Kier molecular flexibility index (Phi) is 13.8. The molecule has 0 heterocycles. The summed E-state index contributed by atoms with van der Waals surface area (Å²) < 4.78 is 13.1. The lowest BCUT2D eigenvalue weighted by molar-refractivity contribution is 0.409. The van der Waals surface area contributed by atoms with E-state index in [-0.39, 0.29) is 5.92 Å². The Hall–Kier alpha value is -11.5. The highest BCUT2D eigenvalue weighted by Crippen LogP contribution is 2.61. The molecule has 0 N–H and O–H groups in total. The van der Waals surface area contributed by atoms with E-state index in [1.54, 1.807) is 0 Å². The molecule has 0 radical (unpaired) electrons. The number of para-hydroxylation sites is 2. The Morgan fingerprint density at radius 2 is 0.750 bits per heavy atom. The second-order valence-corrected chi connectivity index (χ2v) is 26.7. The maximum absolute atomic E-state index is 6.60. The van der Waals surface area contributed by atoms with Gasteiger partial charge in [0, 0.05) is 34.1 Å². The van der Waals surface area contributed by atoms with Gasteiger partial charge in [-0.05, 0) is 268 Å². The van der Waals surface area contributed by atoms with E-state index in [1.165, 1.54) is 94.6 Å². The van der Waals surface area contributed by atoms with Crippen molar-refractivity contribution in [1.29, 1.82) is 0 Å². The second kappa shape index (κ2) is 23.2. The van der Waals surface area contributed by atoms with Crippen LogP contribution in [0.15, 0.2) is 327 Å². The molecule has 4 heteroatoms. The highest BCUT2D eigenvalue weighted by Gasteiger charge is 2.50. The lowest BCUT2D eigenvalue weighted by Gasteiger charge is -2.40. The summed E-state index contributed by atoms with van der Waals surface area (Å²) in [5.41, 5.74) is 29.7. The van der Waals surface area contributed by atoms with Crippen LogP contribution in [-0.2, 0) is 36.5 Å². The zero-order valence-electron chi connectivity index (χ0n) is 53.9. The molecule has 3 atom stereocenters. The number of hydrogen-bond acceptors (Lipinski definition) is 4. The number of hydrogen-bond donors (Lipinski definition) is 0. The lowest BCUT2D eigenvalue weighted by atomic mass is 9.62. The number of rotatable bonds is 15. The van der Waals surface area contributed by atoms with Crippen molar-refractivity contribution in [2.75, 3.05) is 9.80 Å². The van der Waals surface area contributed by atoms with E-state index in [2.05, 4.69) is 345 Å². The van der Waals surface area contributed by atoms with Gasteiger partial charge in [-0.2, -0.15) is 0 Å². The van der Waals surface area contributed by atoms with Gasteiger partial charge in [0.05, 0.1) is 10.8 Å². The quantitative estimate of drug-likeness (QED) is 0.102. The third kappa shape index (κ3) is 9.48. The van der Waals surface area contributed by atoms with Gasteiger partial charge in [0.1, 0.15) is 23.0 Å². The highest BCUT2D eigenvalue weighted by molar-refractivity contribution is 5.91. The normalized spacial score (nSPS) is 17.3. The molecule has 0 saturated heterocycles. The van der Waals surface area contributed by atoms with E-state index < -0.39 is 10.8 Å². The Bertz CT molecular complexity index is 5210. The molecule has 13 aromatic carbocycles. The number of fused-ring (bicyclic) bond motifs is 8. The topological polar surface area (TPSA) is 24.9 Å². The minimum Gasteiger partial charge on any atom is -0.458 e. The van der Waals surface area contributed by atoms with Crippen LogP contribution < -0.4 is 19.3 Å². The average molecular weight is 1240 g/mol. The fourth-order valence-electron chi connectivity index (χ4n) is 16.3. The number of benzene rings is 13. The predicted octanol–water partition coefficient (Wildman–Crippen LogP) is 23.1. The van der Waals surface area contributed by atoms with Gasteiger partial charge in [-0.1, -0.05) is 211 Å². The standard InChI is InChI=1S/C92H70N2O2/c1-61-21-35-69(36-22-61)91(71-39-51-79(52-40-71)95-81-49-33-65-25-27-67(65)57-81)87-19-11-9-17-83(87)85-55-47-77(59-89(85)91)93(73-13-5-3-6-14-73)75-43-29-63(30-44-75)64-31-45-76(46-32-64)94(74-15-7-4-8-16-74)78-48-56-86-84-18-10-12-20-88(84)92(90(86)60-78,70-37-23-62(2)24-38-70)72-41-53-80(54-42-72)96-82-50-34-66-26-28-68(66)58-82/h3-24,29-41,43-60,72H,25-28,42H2,1-2H3. The van der Waals surface area contributed by atoms with E-state index >= 15 is 0 Å². The Balaban J connectivity index is 0.691. The number of nitrogens with zero attached hydrogens (tertiary/aromatic N) is 2. The zero-order valence-corrected chi connectivity index (χ0v) is 53.9. The first-order chi connectivity index (χ1) is 47.3. The number of allylic oxidation sites excluding steroid dienone is 3. The molecule has 96 heavy (non-hydrogen) atoms. The van der Waals surface area contributed by atoms with Crippen molar-refractivity contribution in [2.45, 2.75) is 56.8 Å². The van der Waals surface area contributed by atoms with Gasteiger partial charge in [-0.15, -0.1) is 0 Å². The van der Waals surface area contributed by atoms with Crippen LogP contribution in [0.4, 0.5) is 34.1 Å². The van der Waals surface area contributed by atoms with Crippen molar-refractivity contribution >= 4 is 34.1 Å². The summed E-state index contributed by atoms with van der Waals surface area (Å²) in [5, 5.41) is 0. The molecule has 0 aromatic heterocycles. The molecule has 4 nitrogen and oxygen atoms in total.